The molecule has 60 heavy (non-hydrogen) atoms. The fourth-order valence-electron chi connectivity index (χ4n) is 8.58. The Kier molecular flexibility index (Phi) is 8.83. The molecular weight excluding hydrogens is 729 g/mol. The first-order valence-electron chi connectivity index (χ1n) is 20.4. The molecule has 11 rings (SSSR count). The van der Waals surface area contributed by atoms with Gasteiger partial charge < -0.3 is 9.32 Å². The molecule has 0 bridgehead atoms. The summed E-state index contributed by atoms with van der Waals surface area (Å²) in [6.45, 7) is 0. The number of oxazole rings is 1. The van der Waals surface area contributed by atoms with Crippen molar-refractivity contribution in [2.45, 2.75) is 0 Å². The Morgan fingerprint density at radius 3 is 1.52 bits per heavy atom. The largest absolute Gasteiger partial charge is 0.436 e. The highest BCUT2D eigenvalue weighted by atomic mass is 16.3. The topological polar surface area (TPSA) is 29.3 Å². The molecule has 10 aromatic carbocycles. The zero-order valence-corrected chi connectivity index (χ0v) is 32.7. The summed E-state index contributed by atoms with van der Waals surface area (Å²) in [5, 5.41) is 4.52. The Bertz CT molecular complexity index is 3280. The van der Waals surface area contributed by atoms with E-state index in [4.69, 9.17) is 9.40 Å². The van der Waals surface area contributed by atoms with Gasteiger partial charge in [0, 0.05) is 27.7 Å². The van der Waals surface area contributed by atoms with Crippen LogP contribution in [0.5, 0.6) is 0 Å². The highest BCUT2D eigenvalue weighted by Crippen LogP contribution is 2.43. The van der Waals surface area contributed by atoms with E-state index in [2.05, 4.69) is 199 Å². The molecule has 0 saturated carbocycles. The molecule has 0 aliphatic rings. The first kappa shape index (κ1) is 35.2. The van der Waals surface area contributed by atoms with E-state index in [9.17, 15) is 0 Å². The van der Waals surface area contributed by atoms with Crippen LogP contribution < -0.4 is 4.90 Å². The summed E-state index contributed by atoms with van der Waals surface area (Å²) in [5.74, 6) is 0.628. The van der Waals surface area contributed by atoms with Crippen LogP contribution in [0, 0.1) is 0 Å². The summed E-state index contributed by atoms with van der Waals surface area (Å²) >= 11 is 0. The SMILES string of the molecule is c1ccc(-c2ccc(N(c3ccc(-c4ccccc4-c4ccccc4)cc3)c3cccc4c(-c5ccc6ccc7oc(-c8ccccc8)nc7c6c5)cccc34)cc2)cc1. The third-order valence-corrected chi connectivity index (χ3v) is 11.5. The molecule has 3 nitrogen and oxygen atoms in total. The molecule has 0 amide bonds. The third-order valence-electron chi connectivity index (χ3n) is 11.5. The second-order valence-corrected chi connectivity index (χ2v) is 15.1. The molecule has 0 aliphatic heterocycles. The number of hydrogen-bond donors (Lipinski definition) is 0. The second-order valence-electron chi connectivity index (χ2n) is 15.1. The van der Waals surface area contributed by atoms with E-state index >= 15 is 0 Å². The molecular formula is C57H38N2O. The molecule has 0 saturated heterocycles. The van der Waals surface area contributed by atoms with Gasteiger partial charge in [-0.15, -0.1) is 0 Å². The van der Waals surface area contributed by atoms with Crippen LogP contribution in [0.2, 0.25) is 0 Å². The lowest BCUT2D eigenvalue weighted by atomic mass is 9.94. The van der Waals surface area contributed by atoms with Gasteiger partial charge in [-0.3, -0.25) is 0 Å². The van der Waals surface area contributed by atoms with Gasteiger partial charge in [0.05, 0.1) is 5.69 Å². The highest BCUT2D eigenvalue weighted by Gasteiger charge is 2.19. The van der Waals surface area contributed by atoms with Gasteiger partial charge in [0.1, 0.15) is 5.52 Å². The van der Waals surface area contributed by atoms with E-state index < -0.39 is 0 Å². The minimum absolute atomic E-state index is 0.628. The first-order chi connectivity index (χ1) is 29.7. The number of fused-ring (bicyclic) bond motifs is 4. The van der Waals surface area contributed by atoms with Crippen molar-refractivity contribution >= 4 is 49.7 Å². The van der Waals surface area contributed by atoms with Gasteiger partial charge in [0.2, 0.25) is 5.89 Å². The molecule has 1 aromatic heterocycles. The van der Waals surface area contributed by atoms with E-state index in [1.54, 1.807) is 0 Å². The standard InChI is InChI=1S/C57H38N2O/c1-4-14-39(15-5-1)40-28-33-46(34-29-40)59(47-35-30-42(31-36-47)49-21-11-10-20-48(49)41-16-6-2-7-17-41)54-25-13-23-51-50(22-12-24-52(51)54)45-27-26-43-32-37-55-56(53(43)38-45)58-57(60-55)44-18-8-3-9-19-44/h1-38H. The molecule has 282 valence electrons. The first-order valence-corrected chi connectivity index (χ1v) is 20.4. The zero-order chi connectivity index (χ0) is 39.8. The molecule has 0 aliphatic carbocycles. The van der Waals surface area contributed by atoms with Crippen molar-refractivity contribution in [2.24, 2.45) is 0 Å². The summed E-state index contributed by atoms with van der Waals surface area (Å²) in [4.78, 5) is 7.40. The van der Waals surface area contributed by atoms with Crippen LogP contribution in [0.1, 0.15) is 0 Å². The quantitative estimate of drug-likeness (QED) is 0.154. The van der Waals surface area contributed by atoms with Crippen LogP contribution in [-0.2, 0) is 0 Å². The van der Waals surface area contributed by atoms with E-state index in [0.717, 1.165) is 61.0 Å². The summed E-state index contributed by atoms with van der Waals surface area (Å²) in [6.07, 6.45) is 0. The van der Waals surface area contributed by atoms with Gasteiger partial charge in [-0.05, 0) is 110 Å². The van der Waals surface area contributed by atoms with Gasteiger partial charge in [-0.1, -0.05) is 176 Å². The fraction of sp³-hybridized carbons (Fsp3) is 0. The van der Waals surface area contributed by atoms with Gasteiger partial charge in [0.25, 0.3) is 0 Å². The number of aromatic nitrogens is 1. The average Bonchev–Trinajstić information content (AvgIpc) is 3.78. The predicted octanol–water partition coefficient (Wildman–Crippen LogP) is 15.9. The van der Waals surface area contributed by atoms with Crippen LogP contribution in [-0.4, -0.2) is 4.98 Å². The monoisotopic (exact) mass is 766 g/mol. The van der Waals surface area contributed by atoms with Crippen molar-refractivity contribution in [3.8, 4) is 56.0 Å². The minimum atomic E-state index is 0.628. The molecule has 0 N–H and O–H groups in total. The predicted molar refractivity (Wildman–Crippen MR) is 251 cm³/mol. The zero-order valence-electron chi connectivity index (χ0n) is 32.7. The smallest absolute Gasteiger partial charge is 0.227 e. The Morgan fingerprint density at radius 1 is 0.333 bits per heavy atom. The molecule has 0 radical (unpaired) electrons. The van der Waals surface area contributed by atoms with E-state index in [1.165, 1.54) is 38.8 Å². The van der Waals surface area contributed by atoms with Crippen molar-refractivity contribution < 1.29 is 4.42 Å². The summed E-state index contributed by atoms with van der Waals surface area (Å²) in [7, 11) is 0. The van der Waals surface area contributed by atoms with Crippen molar-refractivity contribution in [1.82, 2.24) is 4.98 Å². The Morgan fingerprint density at radius 2 is 0.833 bits per heavy atom. The van der Waals surface area contributed by atoms with Crippen LogP contribution >= 0.6 is 0 Å². The van der Waals surface area contributed by atoms with Crippen LogP contribution in [0.25, 0.3) is 88.6 Å². The molecule has 1 heterocycles. The summed E-state index contributed by atoms with van der Waals surface area (Å²) in [5.41, 5.74) is 15.3. The van der Waals surface area contributed by atoms with Crippen molar-refractivity contribution in [1.29, 1.82) is 0 Å². The van der Waals surface area contributed by atoms with Crippen molar-refractivity contribution in [2.75, 3.05) is 4.90 Å². The lowest BCUT2D eigenvalue weighted by Gasteiger charge is -2.28. The summed E-state index contributed by atoms with van der Waals surface area (Å²) in [6, 6.07) is 82.0. The Labute approximate surface area is 349 Å². The molecule has 0 spiro atoms. The van der Waals surface area contributed by atoms with Crippen LogP contribution in [0.4, 0.5) is 17.1 Å². The lowest BCUT2D eigenvalue weighted by molar-refractivity contribution is 0.620. The number of rotatable bonds is 8. The van der Waals surface area contributed by atoms with Crippen molar-refractivity contribution in [3.05, 3.63) is 231 Å². The maximum atomic E-state index is 6.28. The maximum Gasteiger partial charge on any atom is 0.227 e. The van der Waals surface area contributed by atoms with Crippen molar-refractivity contribution in [3.63, 3.8) is 0 Å². The highest BCUT2D eigenvalue weighted by molar-refractivity contribution is 6.09. The normalized spacial score (nSPS) is 11.3. The van der Waals surface area contributed by atoms with Crippen LogP contribution in [0.3, 0.4) is 0 Å². The molecule has 0 fully saturated rings. The fourth-order valence-corrected chi connectivity index (χ4v) is 8.58. The van der Waals surface area contributed by atoms with Gasteiger partial charge in [0.15, 0.2) is 5.58 Å². The maximum absolute atomic E-state index is 6.28. The molecule has 3 heteroatoms. The molecule has 0 atom stereocenters. The Balaban J connectivity index is 1.04. The molecule has 11 aromatic rings. The van der Waals surface area contributed by atoms with Gasteiger partial charge in [-0.25, -0.2) is 4.98 Å². The lowest BCUT2D eigenvalue weighted by Crippen LogP contribution is -2.10. The number of nitrogens with zero attached hydrogens (tertiary/aromatic N) is 2. The van der Waals surface area contributed by atoms with E-state index in [0.29, 0.717) is 5.89 Å². The number of benzene rings is 10. The van der Waals surface area contributed by atoms with Crippen LogP contribution in [0.15, 0.2) is 235 Å². The minimum Gasteiger partial charge on any atom is -0.436 e. The number of hydrogen-bond acceptors (Lipinski definition) is 3. The van der Waals surface area contributed by atoms with E-state index in [1.807, 2.05) is 36.4 Å². The third kappa shape index (κ3) is 6.39. The average molecular weight is 767 g/mol. The van der Waals surface area contributed by atoms with Gasteiger partial charge >= 0.3 is 0 Å². The Hall–Kier alpha value is -8.01. The second kappa shape index (κ2) is 15.1. The van der Waals surface area contributed by atoms with Gasteiger partial charge in [-0.2, -0.15) is 0 Å². The molecule has 0 unspecified atom stereocenters. The number of anilines is 3. The summed E-state index contributed by atoms with van der Waals surface area (Å²) < 4.78 is 6.28. The van der Waals surface area contributed by atoms with E-state index in [-0.39, 0.29) is 0 Å².